The molecule has 1 fully saturated rings. The van der Waals surface area contributed by atoms with Gasteiger partial charge in [0, 0.05) is 6.08 Å². The average Bonchev–Trinajstić information content (AvgIpc) is 2.68. The predicted molar refractivity (Wildman–Crippen MR) is 105 cm³/mol. The smallest absolute Gasteiger partial charge is 0.330 e. The summed E-state index contributed by atoms with van der Waals surface area (Å²) in [5.41, 5.74) is 1.18. The van der Waals surface area contributed by atoms with Gasteiger partial charge in [0.25, 0.3) is 0 Å². The standard InChI is InChI=1S/C20H27NO6S/c1-3-4-6-11-18-16(13-19(22)26-2)12-17(21-28(18,24)25)20(23)27-14-15-9-7-5-8-10-15/h5,7-10,13,17-18,21H,3-4,6,11-12,14H2,1-2H3/b16-13+/t17?,18-/m0/s1. The Hall–Kier alpha value is -2.19. The van der Waals surface area contributed by atoms with E-state index in [9.17, 15) is 18.0 Å². The van der Waals surface area contributed by atoms with Crippen molar-refractivity contribution in [3.63, 3.8) is 0 Å². The molecule has 0 aliphatic carbocycles. The van der Waals surface area contributed by atoms with Gasteiger partial charge in [-0.05, 0) is 24.0 Å². The number of hydrogen-bond donors (Lipinski definition) is 1. The van der Waals surface area contributed by atoms with Crippen molar-refractivity contribution >= 4 is 22.0 Å². The van der Waals surface area contributed by atoms with E-state index >= 15 is 0 Å². The van der Waals surface area contributed by atoms with Gasteiger partial charge in [-0.25, -0.2) is 17.9 Å². The van der Waals surface area contributed by atoms with Gasteiger partial charge in [-0.2, -0.15) is 0 Å². The van der Waals surface area contributed by atoms with Crippen molar-refractivity contribution in [1.82, 2.24) is 4.72 Å². The van der Waals surface area contributed by atoms with Crippen LogP contribution >= 0.6 is 0 Å². The van der Waals surface area contributed by atoms with Gasteiger partial charge in [0.05, 0.1) is 12.4 Å². The van der Waals surface area contributed by atoms with Crippen LogP contribution in [-0.4, -0.2) is 38.8 Å². The van der Waals surface area contributed by atoms with Crippen LogP contribution in [0.1, 0.15) is 44.6 Å². The fraction of sp³-hybridized carbons (Fsp3) is 0.500. The Bertz CT molecular complexity index is 803. The molecule has 0 aromatic heterocycles. The van der Waals surface area contributed by atoms with E-state index in [0.29, 0.717) is 18.4 Å². The van der Waals surface area contributed by atoms with Crippen LogP contribution in [0.3, 0.4) is 0 Å². The molecule has 1 N–H and O–H groups in total. The van der Waals surface area contributed by atoms with E-state index in [1.165, 1.54) is 13.2 Å². The monoisotopic (exact) mass is 409 g/mol. The zero-order valence-electron chi connectivity index (χ0n) is 16.2. The summed E-state index contributed by atoms with van der Waals surface area (Å²) in [5, 5.41) is -0.851. The summed E-state index contributed by atoms with van der Waals surface area (Å²) in [6.45, 7) is 2.07. The summed E-state index contributed by atoms with van der Waals surface area (Å²) in [6, 6.07) is 8.06. The summed E-state index contributed by atoms with van der Waals surface area (Å²) >= 11 is 0. The molecule has 0 spiro atoms. The summed E-state index contributed by atoms with van der Waals surface area (Å²) in [5.74, 6) is -1.31. The number of sulfonamides is 1. The van der Waals surface area contributed by atoms with E-state index in [0.717, 1.165) is 18.4 Å². The van der Waals surface area contributed by atoms with Crippen molar-refractivity contribution in [3.05, 3.63) is 47.5 Å². The first-order valence-electron chi connectivity index (χ1n) is 9.37. The second kappa shape index (κ2) is 10.4. The third-order valence-corrected chi connectivity index (χ3v) is 6.52. The summed E-state index contributed by atoms with van der Waals surface area (Å²) in [4.78, 5) is 24.2. The maximum Gasteiger partial charge on any atom is 0.330 e. The molecule has 2 rings (SSSR count). The SMILES string of the molecule is CCCCC[C@H]1/C(=C/C(=O)OC)CC(C(=O)OCc2ccccc2)NS1(=O)=O. The molecular formula is C20H27NO6S. The summed E-state index contributed by atoms with van der Waals surface area (Å²) in [7, 11) is -2.58. The highest BCUT2D eigenvalue weighted by molar-refractivity contribution is 7.90. The normalized spacial score (nSPS) is 22.6. The number of nitrogens with one attached hydrogen (secondary N) is 1. The molecule has 1 saturated heterocycles. The van der Waals surface area contributed by atoms with Crippen LogP contribution < -0.4 is 4.72 Å². The van der Waals surface area contributed by atoms with E-state index in [1.807, 2.05) is 37.3 Å². The molecule has 154 valence electrons. The number of unbranched alkanes of at least 4 members (excludes halogenated alkanes) is 2. The van der Waals surface area contributed by atoms with Crippen LogP contribution in [0.4, 0.5) is 0 Å². The summed E-state index contributed by atoms with van der Waals surface area (Å²) < 4.78 is 37.8. The Morgan fingerprint density at radius 1 is 1.21 bits per heavy atom. The van der Waals surface area contributed by atoms with Gasteiger partial charge >= 0.3 is 11.9 Å². The van der Waals surface area contributed by atoms with Crippen molar-refractivity contribution in [1.29, 1.82) is 0 Å². The van der Waals surface area contributed by atoms with Crippen molar-refractivity contribution in [2.45, 2.75) is 56.9 Å². The Labute approximate surface area is 166 Å². The third-order valence-electron chi connectivity index (χ3n) is 4.62. The number of carbonyl (C=O) groups excluding carboxylic acids is 2. The molecule has 1 aromatic rings. The fourth-order valence-electron chi connectivity index (χ4n) is 3.13. The first kappa shape index (κ1) is 22.1. The number of methoxy groups -OCH3 is 1. The van der Waals surface area contributed by atoms with Gasteiger partial charge in [-0.1, -0.05) is 56.5 Å². The van der Waals surface area contributed by atoms with Crippen molar-refractivity contribution in [2.24, 2.45) is 0 Å². The highest BCUT2D eigenvalue weighted by Gasteiger charge is 2.40. The molecule has 8 heteroatoms. The Morgan fingerprint density at radius 2 is 1.93 bits per heavy atom. The molecule has 28 heavy (non-hydrogen) atoms. The number of rotatable bonds is 8. The molecule has 1 heterocycles. The number of hydrogen-bond acceptors (Lipinski definition) is 6. The van der Waals surface area contributed by atoms with Gasteiger partial charge in [-0.15, -0.1) is 0 Å². The van der Waals surface area contributed by atoms with Crippen LogP contribution in [0, 0.1) is 0 Å². The van der Waals surface area contributed by atoms with Crippen LogP contribution in [-0.2, 0) is 35.7 Å². The molecule has 1 unspecified atom stereocenters. The van der Waals surface area contributed by atoms with Gasteiger partial charge in [0.1, 0.15) is 12.6 Å². The lowest BCUT2D eigenvalue weighted by Crippen LogP contribution is -2.51. The molecule has 2 atom stereocenters. The number of esters is 2. The number of carbonyl (C=O) groups is 2. The van der Waals surface area contributed by atoms with Gasteiger partial charge in [0.2, 0.25) is 10.0 Å². The molecular weight excluding hydrogens is 382 g/mol. The average molecular weight is 410 g/mol. The quantitative estimate of drug-likeness (QED) is 0.402. The molecule has 1 aromatic carbocycles. The van der Waals surface area contributed by atoms with Crippen molar-refractivity contribution in [3.8, 4) is 0 Å². The highest BCUT2D eigenvalue weighted by Crippen LogP contribution is 2.28. The van der Waals surface area contributed by atoms with Crippen LogP contribution in [0.15, 0.2) is 42.0 Å². The zero-order chi connectivity index (χ0) is 20.6. The number of benzene rings is 1. The van der Waals surface area contributed by atoms with Crippen LogP contribution in [0.5, 0.6) is 0 Å². The lowest BCUT2D eigenvalue weighted by Gasteiger charge is -2.31. The van der Waals surface area contributed by atoms with E-state index < -0.39 is 33.3 Å². The minimum atomic E-state index is -3.81. The summed E-state index contributed by atoms with van der Waals surface area (Å²) in [6.07, 6.45) is 4.21. The Balaban J connectivity index is 2.14. The van der Waals surface area contributed by atoms with E-state index in [2.05, 4.69) is 9.46 Å². The van der Waals surface area contributed by atoms with Crippen LogP contribution in [0.25, 0.3) is 0 Å². The van der Waals surface area contributed by atoms with E-state index in [-0.39, 0.29) is 13.0 Å². The predicted octanol–water partition coefficient (Wildman–Crippen LogP) is 2.47. The van der Waals surface area contributed by atoms with Crippen molar-refractivity contribution in [2.75, 3.05) is 7.11 Å². The molecule has 1 aliphatic heterocycles. The first-order valence-corrected chi connectivity index (χ1v) is 10.9. The molecule has 0 bridgehead atoms. The molecule has 1 aliphatic rings. The molecule has 7 nitrogen and oxygen atoms in total. The van der Waals surface area contributed by atoms with Gasteiger partial charge in [0.15, 0.2) is 0 Å². The second-order valence-corrected chi connectivity index (χ2v) is 8.63. The first-order chi connectivity index (χ1) is 13.4. The Morgan fingerprint density at radius 3 is 2.57 bits per heavy atom. The minimum Gasteiger partial charge on any atom is -0.466 e. The maximum atomic E-state index is 12.7. The minimum absolute atomic E-state index is 0.0495. The van der Waals surface area contributed by atoms with Gasteiger partial charge in [-0.3, -0.25) is 4.79 Å². The van der Waals surface area contributed by atoms with Crippen LogP contribution in [0.2, 0.25) is 0 Å². The molecule has 0 amide bonds. The molecule has 0 saturated carbocycles. The lowest BCUT2D eigenvalue weighted by molar-refractivity contribution is -0.147. The third kappa shape index (κ3) is 6.17. The number of ether oxygens (including phenoxy) is 2. The van der Waals surface area contributed by atoms with Crippen molar-refractivity contribution < 1.29 is 27.5 Å². The second-order valence-electron chi connectivity index (χ2n) is 6.74. The zero-order valence-corrected chi connectivity index (χ0v) is 17.0. The van der Waals surface area contributed by atoms with E-state index in [4.69, 9.17) is 4.74 Å². The lowest BCUT2D eigenvalue weighted by atomic mass is 9.98. The maximum absolute atomic E-state index is 12.7. The fourth-order valence-corrected chi connectivity index (χ4v) is 4.91. The van der Waals surface area contributed by atoms with E-state index in [1.54, 1.807) is 0 Å². The Kier molecular flexibility index (Phi) is 8.19. The highest BCUT2D eigenvalue weighted by atomic mass is 32.2. The van der Waals surface area contributed by atoms with Gasteiger partial charge < -0.3 is 9.47 Å². The largest absolute Gasteiger partial charge is 0.466 e. The molecule has 0 radical (unpaired) electrons. The topological polar surface area (TPSA) is 98.8 Å².